The second-order valence-corrected chi connectivity index (χ2v) is 4.18. The van der Waals surface area contributed by atoms with Gasteiger partial charge in [0.25, 0.3) is 0 Å². The van der Waals surface area contributed by atoms with E-state index in [4.69, 9.17) is 0 Å². The highest BCUT2D eigenvalue weighted by Gasteiger charge is 2.11. The van der Waals surface area contributed by atoms with Crippen LogP contribution >= 0.6 is 0 Å². The minimum absolute atomic E-state index is 0.193. The van der Waals surface area contributed by atoms with Crippen molar-refractivity contribution in [3.63, 3.8) is 0 Å². The van der Waals surface area contributed by atoms with Crippen LogP contribution in [0.4, 0.5) is 18.9 Å². The molecule has 0 fully saturated rings. The monoisotopic (exact) mass is 269 g/mol. The van der Waals surface area contributed by atoms with Gasteiger partial charge < -0.3 is 9.88 Å². The first-order chi connectivity index (χ1) is 9.11. The summed E-state index contributed by atoms with van der Waals surface area (Å²) >= 11 is 0. The molecule has 2 rings (SSSR count). The Kier molecular flexibility index (Phi) is 4.09. The van der Waals surface area contributed by atoms with Crippen molar-refractivity contribution in [2.45, 2.75) is 26.4 Å². The van der Waals surface area contributed by atoms with E-state index < -0.39 is 17.5 Å². The summed E-state index contributed by atoms with van der Waals surface area (Å²) in [6.45, 7) is 3.07. The molecule has 3 nitrogen and oxygen atoms in total. The quantitative estimate of drug-likeness (QED) is 0.844. The van der Waals surface area contributed by atoms with E-state index in [1.165, 1.54) is 0 Å². The Hall–Kier alpha value is -1.98. The van der Waals surface area contributed by atoms with Crippen LogP contribution in [0, 0.1) is 17.5 Å². The molecule has 1 aromatic carbocycles. The summed E-state index contributed by atoms with van der Waals surface area (Å²) in [5.41, 5.74) is 0.632. The number of hydrogen-bond acceptors (Lipinski definition) is 2. The maximum absolute atomic E-state index is 13.4. The molecule has 102 valence electrons. The zero-order valence-electron chi connectivity index (χ0n) is 10.5. The number of nitrogens with one attached hydrogen (secondary N) is 1. The maximum atomic E-state index is 13.4. The second kappa shape index (κ2) is 5.77. The molecule has 0 radical (unpaired) electrons. The maximum Gasteiger partial charge on any atom is 0.182 e. The number of benzene rings is 1. The van der Waals surface area contributed by atoms with Crippen molar-refractivity contribution in [2.24, 2.45) is 0 Å². The molecule has 0 saturated carbocycles. The highest BCUT2D eigenvalue weighted by atomic mass is 19.2. The van der Waals surface area contributed by atoms with Gasteiger partial charge in [-0.1, -0.05) is 6.92 Å². The molecule has 0 saturated heterocycles. The molecule has 1 aromatic heterocycles. The Bertz CT molecular complexity index is 566. The van der Waals surface area contributed by atoms with Gasteiger partial charge in [-0.3, -0.25) is 0 Å². The first-order valence-electron chi connectivity index (χ1n) is 5.99. The Morgan fingerprint density at radius 2 is 2.05 bits per heavy atom. The van der Waals surface area contributed by atoms with Crippen molar-refractivity contribution in [1.82, 2.24) is 9.55 Å². The number of anilines is 1. The lowest BCUT2D eigenvalue weighted by atomic mass is 10.2. The Morgan fingerprint density at radius 1 is 1.26 bits per heavy atom. The molecule has 0 aliphatic heterocycles. The van der Waals surface area contributed by atoms with Crippen LogP contribution in [-0.2, 0) is 13.1 Å². The predicted octanol–water partition coefficient (Wildman–Crippen LogP) is 3.32. The lowest BCUT2D eigenvalue weighted by molar-refractivity contribution is 0.497. The van der Waals surface area contributed by atoms with Gasteiger partial charge in [0.1, 0.15) is 5.82 Å². The molecular weight excluding hydrogens is 255 g/mol. The van der Waals surface area contributed by atoms with Crippen molar-refractivity contribution in [3.8, 4) is 0 Å². The van der Waals surface area contributed by atoms with E-state index in [0.717, 1.165) is 24.7 Å². The van der Waals surface area contributed by atoms with Crippen molar-refractivity contribution in [2.75, 3.05) is 5.32 Å². The van der Waals surface area contributed by atoms with E-state index in [0.29, 0.717) is 6.07 Å². The van der Waals surface area contributed by atoms with Gasteiger partial charge >= 0.3 is 0 Å². The van der Waals surface area contributed by atoms with E-state index in [-0.39, 0.29) is 12.2 Å². The predicted molar refractivity (Wildman–Crippen MR) is 66.2 cm³/mol. The summed E-state index contributed by atoms with van der Waals surface area (Å²) in [6, 6.07) is 1.45. The number of halogens is 3. The molecule has 1 heterocycles. The topological polar surface area (TPSA) is 29.9 Å². The standard InChI is InChI=1S/C13H14F3N3/c1-2-3-19-8-17-6-10(19)7-18-12-5-9(14)4-11(15)13(12)16/h4-6,8,18H,2-3,7H2,1H3. The van der Waals surface area contributed by atoms with Crippen molar-refractivity contribution in [3.05, 3.63) is 47.8 Å². The number of aryl methyl sites for hydroxylation is 1. The normalized spacial score (nSPS) is 10.7. The first-order valence-corrected chi connectivity index (χ1v) is 5.99. The fourth-order valence-electron chi connectivity index (χ4n) is 1.81. The molecule has 1 N–H and O–H groups in total. The number of aromatic nitrogens is 2. The Balaban J connectivity index is 2.12. The minimum atomic E-state index is -1.20. The average molecular weight is 269 g/mol. The van der Waals surface area contributed by atoms with Gasteiger partial charge in [-0.2, -0.15) is 0 Å². The molecule has 0 aliphatic carbocycles. The SMILES string of the molecule is CCCn1cncc1CNc1cc(F)cc(F)c1F. The van der Waals surface area contributed by atoms with Crippen LogP contribution in [0.25, 0.3) is 0 Å². The lowest BCUT2D eigenvalue weighted by Crippen LogP contribution is -2.08. The number of rotatable bonds is 5. The summed E-state index contributed by atoms with van der Waals surface area (Å²) < 4.78 is 41.4. The lowest BCUT2D eigenvalue weighted by Gasteiger charge is -2.10. The van der Waals surface area contributed by atoms with Crippen molar-refractivity contribution in [1.29, 1.82) is 0 Å². The fourth-order valence-corrected chi connectivity index (χ4v) is 1.81. The van der Waals surface area contributed by atoms with Gasteiger partial charge in [-0.15, -0.1) is 0 Å². The minimum Gasteiger partial charge on any atom is -0.377 e. The zero-order valence-corrected chi connectivity index (χ0v) is 10.5. The van der Waals surface area contributed by atoms with E-state index in [1.54, 1.807) is 12.5 Å². The fraction of sp³-hybridized carbons (Fsp3) is 0.308. The van der Waals surface area contributed by atoms with Gasteiger partial charge in [-0.25, -0.2) is 18.2 Å². The number of hydrogen-bond donors (Lipinski definition) is 1. The van der Waals surface area contributed by atoms with Crippen LogP contribution in [0.3, 0.4) is 0 Å². The van der Waals surface area contributed by atoms with E-state index in [9.17, 15) is 13.2 Å². The summed E-state index contributed by atoms with van der Waals surface area (Å²) in [5, 5.41) is 2.68. The summed E-state index contributed by atoms with van der Waals surface area (Å²) in [6.07, 6.45) is 4.24. The molecule has 0 aliphatic rings. The molecule has 2 aromatic rings. The Labute approximate surface area is 109 Å². The smallest absolute Gasteiger partial charge is 0.182 e. The van der Waals surface area contributed by atoms with Crippen molar-refractivity contribution >= 4 is 5.69 Å². The highest BCUT2D eigenvalue weighted by Crippen LogP contribution is 2.19. The molecule has 0 atom stereocenters. The molecule has 0 spiro atoms. The van der Waals surface area contributed by atoms with Crippen LogP contribution in [0.5, 0.6) is 0 Å². The average Bonchev–Trinajstić information content (AvgIpc) is 2.80. The van der Waals surface area contributed by atoms with Crippen LogP contribution < -0.4 is 5.32 Å². The number of imidazole rings is 1. The van der Waals surface area contributed by atoms with E-state index in [2.05, 4.69) is 10.3 Å². The molecule has 0 bridgehead atoms. The third-order valence-electron chi connectivity index (χ3n) is 2.72. The van der Waals surface area contributed by atoms with Crippen LogP contribution in [-0.4, -0.2) is 9.55 Å². The molecule has 6 heteroatoms. The van der Waals surface area contributed by atoms with Gasteiger partial charge in [-0.05, 0) is 6.42 Å². The largest absolute Gasteiger partial charge is 0.377 e. The molecular formula is C13H14F3N3. The van der Waals surface area contributed by atoms with Crippen LogP contribution in [0.2, 0.25) is 0 Å². The second-order valence-electron chi connectivity index (χ2n) is 4.18. The third kappa shape index (κ3) is 3.07. The van der Waals surface area contributed by atoms with E-state index >= 15 is 0 Å². The zero-order chi connectivity index (χ0) is 13.8. The Morgan fingerprint density at radius 3 is 2.79 bits per heavy atom. The number of nitrogens with zero attached hydrogens (tertiary/aromatic N) is 2. The van der Waals surface area contributed by atoms with Gasteiger partial charge in [0.2, 0.25) is 0 Å². The first kappa shape index (κ1) is 13.5. The van der Waals surface area contributed by atoms with Gasteiger partial charge in [0.05, 0.1) is 24.3 Å². The molecule has 19 heavy (non-hydrogen) atoms. The van der Waals surface area contributed by atoms with Gasteiger partial charge in [0, 0.05) is 24.9 Å². The van der Waals surface area contributed by atoms with Crippen molar-refractivity contribution < 1.29 is 13.2 Å². The summed E-state index contributed by atoms with van der Waals surface area (Å²) in [4.78, 5) is 3.99. The molecule has 0 unspecified atom stereocenters. The van der Waals surface area contributed by atoms with E-state index in [1.807, 2.05) is 11.5 Å². The van der Waals surface area contributed by atoms with Crippen LogP contribution in [0.1, 0.15) is 19.0 Å². The molecule has 0 amide bonds. The third-order valence-corrected chi connectivity index (χ3v) is 2.72. The summed E-state index contributed by atoms with van der Waals surface area (Å²) in [7, 11) is 0. The highest BCUT2D eigenvalue weighted by molar-refractivity contribution is 5.45. The summed E-state index contributed by atoms with van der Waals surface area (Å²) in [5.74, 6) is -3.10. The van der Waals surface area contributed by atoms with Gasteiger partial charge in [0.15, 0.2) is 11.6 Å². The van der Waals surface area contributed by atoms with Crippen LogP contribution in [0.15, 0.2) is 24.7 Å².